The number of carbonyl (C=O) groups is 1. The maximum atomic E-state index is 10.6. The lowest BCUT2D eigenvalue weighted by molar-refractivity contribution is -0.163. The van der Waals surface area contributed by atoms with Crippen LogP contribution >= 0.6 is 0 Å². The minimum atomic E-state index is -0.0647. The zero-order chi connectivity index (χ0) is 16.1. The first-order valence-corrected chi connectivity index (χ1v) is 7.47. The smallest absolute Gasteiger partial charge is 0.170 e. The van der Waals surface area contributed by atoms with E-state index in [1.165, 1.54) is 6.42 Å². The molecular formula is C15H28N2O4. The highest BCUT2D eigenvalue weighted by molar-refractivity contribution is 5.71. The Morgan fingerprint density at radius 2 is 2.19 bits per heavy atom. The fraction of sp³-hybridized carbons (Fsp3) is 0.733. The predicted octanol–water partition coefficient (Wildman–Crippen LogP) is 2.18. The van der Waals surface area contributed by atoms with E-state index in [9.17, 15) is 4.79 Å². The van der Waals surface area contributed by atoms with Crippen molar-refractivity contribution in [3.05, 3.63) is 17.5 Å². The first-order valence-electron chi connectivity index (χ1n) is 7.47. The third-order valence-electron chi connectivity index (χ3n) is 2.87. The van der Waals surface area contributed by atoms with Crippen molar-refractivity contribution in [3.63, 3.8) is 0 Å². The summed E-state index contributed by atoms with van der Waals surface area (Å²) >= 11 is 0. The average molecular weight is 300 g/mol. The van der Waals surface area contributed by atoms with Crippen molar-refractivity contribution in [3.8, 4) is 0 Å². The lowest BCUT2D eigenvalue weighted by Crippen LogP contribution is -2.24. The van der Waals surface area contributed by atoms with Gasteiger partial charge in [-0.1, -0.05) is 13.8 Å². The molecule has 0 saturated carbocycles. The summed E-state index contributed by atoms with van der Waals surface area (Å²) < 4.78 is 12.9. The molecular weight excluding hydrogens is 272 g/mol. The minimum absolute atomic E-state index is 0.0647. The second kappa shape index (κ2) is 12.5. The molecule has 0 bridgehead atoms. The molecule has 1 N–H and O–H groups in total. The lowest BCUT2D eigenvalue weighted by atomic mass is 10.2. The highest BCUT2D eigenvalue weighted by Crippen LogP contribution is 2.13. The number of hydrogen-bond donors (Lipinski definition) is 1. The van der Waals surface area contributed by atoms with Crippen LogP contribution in [0.4, 0.5) is 0 Å². The summed E-state index contributed by atoms with van der Waals surface area (Å²) in [6.07, 6.45) is 3.96. The molecule has 2 heterocycles. The summed E-state index contributed by atoms with van der Waals surface area (Å²) in [6, 6.07) is 1.77. The number of ether oxygens (including phenoxy) is 2. The Morgan fingerprint density at radius 3 is 2.71 bits per heavy atom. The zero-order valence-corrected chi connectivity index (χ0v) is 13.5. The maximum Gasteiger partial charge on any atom is 0.170 e. The molecule has 1 aliphatic rings. The van der Waals surface area contributed by atoms with E-state index in [1.54, 1.807) is 10.7 Å². The number of aliphatic hydroxyl groups is 1. The lowest BCUT2D eigenvalue weighted by Gasteiger charge is -2.22. The molecule has 122 valence electrons. The summed E-state index contributed by atoms with van der Waals surface area (Å²) in [5, 5.41) is 11.1. The van der Waals surface area contributed by atoms with Gasteiger partial charge in [-0.15, -0.1) is 0 Å². The number of hydrogen-bond acceptors (Lipinski definition) is 5. The van der Waals surface area contributed by atoms with E-state index < -0.39 is 0 Å². The van der Waals surface area contributed by atoms with Crippen LogP contribution in [0, 0.1) is 6.92 Å². The summed E-state index contributed by atoms with van der Waals surface area (Å²) in [6.45, 7) is 7.93. The Kier molecular flexibility index (Phi) is 11.8. The standard InChI is InChI=1S/C12H18N2O3.C2H6.CH4O/c1-10-8-11(9-15)13-14(10)5-7-17-12-4-2-3-6-16-12;2*1-2/h8-9,12H,2-7H2,1H3;1-2H3;2H,1H3. The summed E-state index contributed by atoms with van der Waals surface area (Å²) in [4.78, 5) is 10.6. The van der Waals surface area contributed by atoms with Crippen LogP contribution < -0.4 is 0 Å². The van der Waals surface area contributed by atoms with Gasteiger partial charge in [-0.3, -0.25) is 9.48 Å². The van der Waals surface area contributed by atoms with Crippen molar-refractivity contribution in [2.24, 2.45) is 0 Å². The van der Waals surface area contributed by atoms with Gasteiger partial charge in [0.2, 0.25) is 0 Å². The number of nitrogens with zero attached hydrogens (tertiary/aromatic N) is 2. The molecule has 1 aliphatic heterocycles. The molecule has 0 aliphatic carbocycles. The Bertz CT molecular complexity index is 374. The van der Waals surface area contributed by atoms with Gasteiger partial charge < -0.3 is 14.6 Å². The fourth-order valence-electron chi connectivity index (χ4n) is 1.93. The van der Waals surface area contributed by atoms with Gasteiger partial charge in [0.15, 0.2) is 12.6 Å². The van der Waals surface area contributed by atoms with Gasteiger partial charge in [-0.2, -0.15) is 5.10 Å². The highest BCUT2D eigenvalue weighted by Gasteiger charge is 2.13. The van der Waals surface area contributed by atoms with Crippen molar-refractivity contribution < 1.29 is 19.4 Å². The first kappa shape index (κ1) is 19.8. The van der Waals surface area contributed by atoms with Crippen LogP contribution in [0.1, 0.15) is 49.3 Å². The topological polar surface area (TPSA) is 73.6 Å². The van der Waals surface area contributed by atoms with E-state index in [-0.39, 0.29) is 6.29 Å². The second-order valence-electron chi connectivity index (χ2n) is 4.22. The van der Waals surface area contributed by atoms with Gasteiger partial charge in [-0.05, 0) is 32.3 Å². The second-order valence-corrected chi connectivity index (χ2v) is 4.22. The summed E-state index contributed by atoms with van der Waals surface area (Å²) in [5.74, 6) is 0. The molecule has 6 nitrogen and oxygen atoms in total. The van der Waals surface area contributed by atoms with E-state index in [4.69, 9.17) is 14.6 Å². The quantitative estimate of drug-likeness (QED) is 0.844. The van der Waals surface area contributed by atoms with Crippen molar-refractivity contribution in [1.82, 2.24) is 9.78 Å². The third-order valence-corrected chi connectivity index (χ3v) is 2.87. The minimum Gasteiger partial charge on any atom is -0.400 e. The zero-order valence-electron chi connectivity index (χ0n) is 13.5. The van der Waals surface area contributed by atoms with Gasteiger partial charge in [0, 0.05) is 19.4 Å². The monoisotopic (exact) mass is 300 g/mol. The van der Waals surface area contributed by atoms with E-state index in [0.717, 1.165) is 38.5 Å². The average Bonchev–Trinajstić information content (AvgIpc) is 2.93. The van der Waals surface area contributed by atoms with Crippen molar-refractivity contribution in [2.75, 3.05) is 20.3 Å². The highest BCUT2D eigenvalue weighted by atomic mass is 16.7. The van der Waals surface area contributed by atoms with Crippen LogP contribution in [0.15, 0.2) is 6.07 Å². The Hall–Kier alpha value is -1.24. The Balaban J connectivity index is 0.000000921. The van der Waals surface area contributed by atoms with Crippen LogP contribution in [0.5, 0.6) is 0 Å². The molecule has 1 aromatic rings. The molecule has 21 heavy (non-hydrogen) atoms. The van der Waals surface area contributed by atoms with Gasteiger partial charge in [0.1, 0.15) is 5.69 Å². The molecule has 1 atom stereocenters. The summed E-state index contributed by atoms with van der Waals surface area (Å²) in [7, 11) is 1.00. The van der Waals surface area contributed by atoms with E-state index in [1.807, 2.05) is 20.8 Å². The van der Waals surface area contributed by atoms with Crippen LogP contribution in [0.3, 0.4) is 0 Å². The van der Waals surface area contributed by atoms with Crippen LogP contribution in [-0.4, -0.2) is 47.8 Å². The van der Waals surface area contributed by atoms with E-state index in [2.05, 4.69) is 5.10 Å². The largest absolute Gasteiger partial charge is 0.400 e. The Morgan fingerprint density at radius 1 is 1.48 bits per heavy atom. The van der Waals surface area contributed by atoms with Crippen LogP contribution in [-0.2, 0) is 16.0 Å². The SMILES string of the molecule is CC.CO.Cc1cc(C=O)nn1CCOC1CCCCO1. The van der Waals surface area contributed by atoms with E-state index in [0.29, 0.717) is 18.8 Å². The number of aryl methyl sites for hydroxylation is 1. The third kappa shape index (κ3) is 7.36. The van der Waals surface area contributed by atoms with Gasteiger partial charge in [-0.25, -0.2) is 0 Å². The van der Waals surface area contributed by atoms with Crippen LogP contribution in [0.25, 0.3) is 0 Å². The fourth-order valence-corrected chi connectivity index (χ4v) is 1.93. The van der Waals surface area contributed by atoms with Gasteiger partial charge in [0.05, 0.1) is 13.2 Å². The molecule has 2 rings (SSSR count). The van der Waals surface area contributed by atoms with Crippen molar-refractivity contribution in [2.45, 2.75) is 52.9 Å². The summed E-state index contributed by atoms with van der Waals surface area (Å²) in [5.41, 5.74) is 1.44. The van der Waals surface area contributed by atoms with Crippen LogP contribution in [0.2, 0.25) is 0 Å². The Labute approximate surface area is 127 Å². The molecule has 1 saturated heterocycles. The predicted molar refractivity (Wildman–Crippen MR) is 81.4 cm³/mol. The first-order chi connectivity index (χ1) is 10.3. The van der Waals surface area contributed by atoms with Crippen molar-refractivity contribution in [1.29, 1.82) is 0 Å². The molecule has 0 radical (unpaired) electrons. The maximum absolute atomic E-state index is 10.6. The normalized spacial score (nSPS) is 17.1. The van der Waals surface area contributed by atoms with Crippen molar-refractivity contribution >= 4 is 6.29 Å². The number of aromatic nitrogens is 2. The number of carbonyl (C=O) groups excluding carboxylic acids is 1. The molecule has 1 fully saturated rings. The molecule has 0 spiro atoms. The number of aliphatic hydroxyl groups excluding tert-OH is 1. The molecule has 0 amide bonds. The number of aldehydes is 1. The molecule has 1 aromatic heterocycles. The van der Waals surface area contributed by atoms with Gasteiger partial charge in [0.25, 0.3) is 0 Å². The molecule has 0 aromatic carbocycles. The number of rotatable bonds is 5. The van der Waals surface area contributed by atoms with E-state index >= 15 is 0 Å². The molecule has 6 heteroatoms. The molecule has 1 unspecified atom stereocenters. The van der Waals surface area contributed by atoms with Gasteiger partial charge >= 0.3 is 0 Å².